The Bertz CT molecular complexity index is 1370. The Morgan fingerprint density at radius 2 is 1.93 bits per heavy atom. The molecule has 1 amide bonds. The van der Waals surface area contributed by atoms with Crippen LogP contribution in [-0.4, -0.2) is 26.2 Å². The van der Waals surface area contributed by atoms with Crippen LogP contribution in [-0.2, 0) is 0 Å². The molecule has 5 aromatic rings. The van der Waals surface area contributed by atoms with Gasteiger partial charge in [-0.1, -0.05) is 35.5 Å². The molecule has 0 aliphatic rings. The molecular weight excluding hydrogens is 366 g/mol. The molecular formula is C22H17N5O2. The number of carbonyl (C=O) groups excluding carboxylic acids is 1. The molecule has 29 heavy (non-hydrogen) atoms. The second kappa shape index (κ2) is 6.56. The number of carbonyl (C=O) groups is 1. The normalized spacial score (nSPS) is 11.2. The van der Waals surface area contributed by atoms with Crippen molar-refractivity contribution in [2.45, 2.75) is 13.8 Å². The fourth-order valence-electron chi connectivity index (χ4n) is 3.46. The summed E-state index contributed by atoms with van der Waals surface area (Å²) in [4.78, 5) is 17.8. The number of anilines is 1. The van der Waals surface area contributed by atoms with Gasteiger partial charge in [0.25, 0.3) is 11.6 Å². The number of benzene rings is 2. The van der Waals surface area contributed by atoms with E-state index in [9.17, 15) is 4.79 Å². The minimum Gasteiger partial charge on any atom is -0.335 e. The van der Waals surface area contributed by atoms with Crippen molar-refractivity contribution in [2.75, 3.05) is 5.32 Å². The van der Waals surface area contributed by atoms with Gasteiger partial charge in [0.1, 0.15) is 0 Å². The first-order chi connectivity index (χ1) is 14.1. The summed E-state index contributed by atoms with van der Waals surface area (Å²) in [6, 6.07) is 15.3. The molecule has 2 N–H and O–H groups in total. The number of hydrogen-bond acceptors (Lipinski definition) is 5. The van der Waals surface area contributed by atoms with Gasteiger partial charge < -0.3 is 9.84 Å². The number of rotatable bonds is 3. The summed E-state index contributed by atoms with van der Waals surface area (Å²) in [6.45, 7) is 3.75. The second-order valence-electron chi connectivity index (χ2n) is 6.95. The first-order valence-electron chi connectivity index (χ1n) is 9.17. The minimum atomic E-state index is -0.247. The quantitative estimate of drug-likeness (QED) is 0.473. The van der Waals surface area contributed by atoms with E-state index in [4.69, 9.17) is 4.52 Å². The van der Waals surface area contributed by atoms with Crippen LogP contribution in [0.25, 0.3) is 33.3 Å². The van der Waals surface area contributed by atoms with E-state index in [1.807, 2.05) is 49.4 Å². The number of fused-ring (bicyclic) bond motifs is 2. The van der Waals surface area contributed by atoms with E-state index >= 15 is 0 Å². The van der Waals surface area contributed by atoms with Gasteiger partial charge in [-0.05, 0) is 37.6 Å². The van der Waals surface area contributed by atoms with Crippen molar-refractivity contribution in [3.05, 3.63) is 71.5 Å². The van der Waals surface area contributed by atoms with Crippen molar-refractivity contribution in [3.63, 3.8) is 0 Å². The molecule has 3 heterocycles. The van der Waals surface area contributed by atoms with Gasteiger partial charge in [-0.15, -0.1) is 0 Å². The van der Waals surface area contributed by atoms with Crippen molar-refractivity contribution in [1.29, 1.82) is 0 Å². The van der Waals surface area contributed by atoms with Crippen LogP contribution in [0.5, 0.6) is 0 Å². The van der Waals surface area contributed by atoms with Crippen LogP contribution in [0.2, 0.25) is 0 Å². The summed E-state index contributed by atoms with van der Waals surface area (Å²) in [5.41, 5.74) is 5.50. The molecule has 0 saturated carbocycles. The number of amides is 1. The number of pyridine rings is 1. The van der Waals surface area contributed by atoms with Crippen LogP contribution in [0.3, 0.4) is 0 Å². The van der Waals surface area contributed by atoms with Crippen molar-refractivity contribution in [2.24, 2.45) is 0 Å². The molecule has 0 atom stereocenters. The second-order valence-corrected chi connectivity index (χ2v) is 6.95. The lowest BCUT2D eigenvalue weighted by molar-refractivity contribution is 0.102. The summed E-state index contributed by atoms with van der Waals surface area (Å²) >= 11 is 0. The Balaban J connectivity index is 1.61. The largest absolute Gasteiger partial charge is 0.335 e. The third-order valence-corrected chi connectivity index (χ3v) is 4.96. The molecule has 5 rings (SSSR count). The smallest absolute Gasteiger partial charge is 0.259 e. The number of hydrogen-bond donors (Lipinski definition) is 2. The molecule has 0 bridgehead atoms. The van der Waals surface area contributed by atoms with E-state index in [-0.39, 0.29) is 5.91 Å². The SMILES string of the molecule is Cc1cc2cn[nH]c2cc1NC(=O)c1cc(-c2ccccc2)nc2onc(C)c12. The summed E-state index contributed by atoms with van der Waals surface area (Å²) in [6.07, 6.45) is 1.76. The van der Waals surface area contributed by atoms with Crippen LogP contribution in [0, 0.1) is 13.8 Å². The Morgan fingerprint density at radius 1 is 1.10 bits per heavy atom. The topological polar surface area (TPSA) is 96.7 Å². The molecule has 142 valence electrons. The number of aromatic amines is 1. The van der Waals surface area contributed by atoms with E-state index < -0.39 is 0 Å². The van der Waals surface area contributed by atoms with Crippen LogP contribution in [0.4, 0.5) is 5.69 Å². The van der Waals surface area contributed by atoms with Gasteiger partial charge in [-0.3, -0.25) is 9.89 Å². The zero-order valence-corrected chi connectivity index (χ0v) is 15.9. The maximum Gasteiger partial charge on any atom is 0.259 e. The lowest BCUT2D eigenvalue weighted by Gasteiger charge is -2.10. The van der Waals surface area contributed by atoms with E-state index in [1.54, 1.807) is 19.2 Å². The lowest BCUT2D eigenvalue weighted by Crippen LogP contribution is -2.14. The van der Waals surface area contributed by atoms with Gasteiger partial charge in [0.15, 0.2) is 0 Å². The van der Waals surface area contributed by atoms with Crippen LogP contribution in [0.1, 0.15) is 21.6 Å². The Hall–Kier alpha value is -4.00. The standard InChI is InChI=1S/C22H17N5O2/c1-12-8-15-11-23-26-19(15)10-17(12)24-21(28)16-9-18(14-6-4-3-5-7-14)25-22-20(16)13(2)27-29-22/h3-11H,1-2H3,(H,23,26)(H,24,28). The van der Waals surface area contributed by atoms with E-state index in [0.29, 0.717) is 33.7 Å². The monoisotopic (exact) mass is 383 g/mol. The van der Waals surface area contributed by atoms with E-state index in [1.165, 1.54) is 0 Å². The molecule has 0 saturated heterocycles. The van der Waals surface area contributed by atoms with Crippen molar-refractivity contribution in [3.8, 4) is 11.3 Å². The predicted molar refractivity (Wildman–Crippen MR) is 111 cm³/mol. The summed E-state index contributed by atoms with van der Waals surface area (Å²) in [7, 11) is 0. The lowest BCUT2D eigenvalue weighted by atomic mass is 10.0. The minimum absolute atomic E-state index is 0.247. The van der Waals surface area contributed by atoms with E-state index in [2.05, 4.69) is 25.7 Å². The molecule has 0 unspecified atom stereocenters. The third kappa shape index (κ3) is 2.93. The zero-order chi connectivity index (χ0) is 20.0. The molecule has 0 radical (unpaired) electrons. The highest BCUT2D eigenvalue weighted by molar-refractivity contribution is 6.13. The first-order valence-corrected chi connectivity index (χ1v) is 9.17. The fourth-order valence-corrected chi connectivity index (χ4v) is 3.46. The summed E-state index contributed by atoms with van der Waals surface area (Å²) < 4.78 is 5.37. The molecule has 0 aliphatic carbocycles. The molecule has 0 fully saturated rings. The van der Waals surface area contributed by atoms with Gasteiger partial charge in [0.05, 0.1) is 34.1 Å². The average molecular weight is 383 g/mol. The molecule has 0 spiro atoms. The van der Waals surface area contributed by atoms with Gasteiger partial charge in [0, 0.05) is 16.6 Å². The van der Waals surface area contributed by atoms with Gasteiger partial charge >= 0.3 is 0 Å². The van der Waals surface area contributed by atoms with Gasteiger partial charge in [-0.2, -0.15) is 5.10 Å². The van der Waals surface area contributed by atoms with Gasteiger partial charge in [-0.25, -0.2) is 4.98 Å². The van der Waals surface area contributed by atoms with Gasteiger partial charge in [0.2, 0.25) is 0 Å². The Labute approximate surface area is 165 Å². The Kier molecular flexibility index (Phi) is 3.87. The molecule has 2 aromatic carbocycles. The van der Waals surface area contributed by atoms with Crippen LogP contribution in [0.15, 0.2) is 59.3 Å². The van der Waals surface area contributed by atoms with Crippen molar-refractivity contribution in [1.82, 2.24) is 20.3 Å². The molecule has 7 heteroatoms. The van der Waals surface area contributed by atoms with Crippen LogP contribution >= 0.6 is 0 Å². The molecule has 3 aromatic heterocycles. The zero-order valence-electron chi connectivity index (χ0n) is 15.9. The highest BCUT2D eigenvalue weighted by atomic mass is 16.5. The first kappa shape index (κ1) is 17.1. The molecule has 7 nitrogen and oxygen atoms in total. The maximum atomic E-state index is 13.3. The van der Waals surface area contributed by atoms with Crippen molar-refractivity contribution < 1.29 is 9.32 Å². The number of nitrogens with zero attached hydrogens (tertiary/aromatic N) is 3. The summed E-state index contributed by atoms with van der Waals surface area (Å²) in [5.74, 6) is -0.247. The highest BCUT2D eigenvalue weighted by Crippen LogP contribution is 2.28. The number of aromatic nitrogens is 4. The average Bonchev–Trinajstić information content (AvgIpc) is 3.34. The Morgan fingerprint density at radius 3 is 2.76 bits per heavy atom. The van der Waals surface area contributed by atoms with Crippen LogP contribution < -0.4 is 5.32 Å². The number of H-pyrrole nitrogens is 1. The highest BCUT2D eigenvalue weighted by Gasteiger charge is 2.20. The number of nitrogens with one attached hydrogen (secondary N) is 2. The maximum absolute atomic E-state index is 13.3. The predicted octanol–water partition coefficient (Wildman–Crippen LogP) is 4.64. The number of aryl methyl sites for hydroxylation is 2. The third-order valence-electron chi connectivity index (χ3n) is 4.96. The van der Waals surface area contributed by atoms with Crippen molar-refractivity contribution >= 4 is 33.6 Å². The fraction of sp³-hybridized carbons (Fsp3) is 0.0909. The summed E-state index contributed by atoms with van der Waals surface area (Å²) in [5, 5.41) is 15.6. The van der Waals surface area contributed by atoms with E-state index in [0.717, 1.165) is 22.0 Å². The molecule has 0 aliphatic heterocycles.